The Bertz CT molecular complexity index is 1120. The minimum Gasteiger partial charge on any atom is -0.192 e. The molecule has 22 heavy (non-hydrogen) atoms. The predicted octanol–water partition coefficient (Wildman–Crippen LogP) is 2.47. The van der Waals surface area contributed by atoms with Gasteiger partial charge in [0.2, 0.25) is 0 Å². The second-order valence-corrected chi connectivity index (χ2v) is 4.76. The van der Waals surface area contributed by atoms with Gasteiger partial charge in [0.05, 0.1) is 11.1 Å². The molecule has 4 aromatic rings. The summed E-state index contributed by atoms with van der Waals surface area (Å²) >= 11 is 0. The molecule has 0 saturated carbocycles. The number of nitriles is 2. The third-order valence-electron chi connectivity index (χ3n) is 3.70. The highest BCUT2D eigenvalue weighted by atomic mass is 15.4. The van der Waals surface area contributed by atoms with Crippen LogP contribution in [0.4, 0.5) is 0 Å². The zero-order valence-electron chi connectivity index (χ0n) is 11.1. The van der Waals surface area contributed by atoms with Gasteiger partial charge >= 0.3 is 0 Å². The summed E-state index contributed by atoms with van der Waals surface area (Å²) in [7, 11) is 0. The van der Waals surface area contributed by atoms with Gasteiger partial charge in [0.15, 0.2) is 0 Å². The maximum atomic E-state index is 9.49. The largest absolute Gasteiger partial charge is 0.192 e. The Morgan fingerprint density at radius 3 is 2.18 bits per heavy atom. The zero-order chi connectivity index (χ0) is 15.1. The van der Waals surface area contributed by atoms with E-state index in [0.717, 1.165) is 16.2 Å². The van der Waals surface area contributed by atoms with E-state index >= 15 is 0 Å². The van der Waals surface area contributed by atoms with Gasteiger partial charge in [0, 0.05) is 10.8 Å². The van der Waals surface area contributed by atoms with E-state index in [-0.39, 0.29) is 5.56 Å². The SMILES string of the molecule is N#Cc1ccc2c3ccccc3c3nnnnc3c2c1C#N. The average Bonchev–Trinajstić information content (AvgIpc) is 2.60. The molecule has 0 aliphatic heterocycles. The number of benzene rings is 3. The van der Waals surface area contributed by atoms with E-state index in [0.29, 0.717) is 22.0 Å². The lowest BCUT2D eigenvalue weighted by Gasteiger charge is -2.09. The second kappa shape index (κ2) is 4.44. The van der Waals surface area contributed by atoms with E-state index < -0.39 is 0 Å². The van der Waals surface area contributed by atoms with Crippen LogP contribution in [0.1, 0.15) is 11.1 Å². The van der Waals surface area contributed by atoms with Crippen LogP contribution in [0.25, 0.3) is 32.6 Å². The topological polar surface area (TPSA) is 99.1 Å². The summed E-state index contributed by atoms with van der Waals surface area (Å²) in [4.78, 5) is 0. The molecule has 0 N–H and O–H groups in total. The molecule has 4 rings (SSSR count). The molecule has 0 bridgehead atoms. The fraction of sp³-hybridized carbons (Fsp3) is 0. The third kappa shape index (κ3) is 1.46. The smallest absolute Gasteiger partial charge is 0.125 e. The van der Waals surface area contributed by atoms with Crippen LogP contribution in [0.15, 0.2) is 36.4 Å². The van der Waals surface area contributed by atoms with Gasteiger partial charge in [-0.1, -0.05) is 30.3 Å². The Balaban J connectivity index is 2.45. The first-order chi connectivity index (χ1) is 10.8. The number of fused-ring (bicyclic) bond motifs is 6. The molecule has 0 aliphatic rings. The van der Waals surface area contributed by atoms with Crippen molar-refractivity contribution < 1.29 is 0 Å². The molecule has 100 valence electrons. The molecule has 6 heteroatoms. The first-order valence-electron chi connectivity index (χ1n) is 6.48. The minimum atomic E-state index is 0.290. The van der Waals surface area contributed by atoms with E-state index in [4.69, 9.17) is 0 Å². The van der Waals surface area contributed by atoms with E-state index in [1.807, 2.05) is 36.4 Å². The molecule has 0 fully saturated rings. The lowest BCUT2D eigenvalue weighted by molar-refractivity contribution is 0.800. The highest BCUT2D eigenvalue weighted by Gasteiger charge is 2.16. The number of hydrogen-bond acceptors (Lipinski definition) is 6. The predicted molar refractivity (Wildman–Crippen MR) is 79.6 cm³/mol. The summed E-state index contributed by atoms with van der Waals surface area (Å²) in [5.74, 6) is 0. The molecule has 0 spiro atoms. The lowest BCUT2D eigenvalue weighted by atomic mass is 9.94. The van der Waals surface area contributed by atoms with Crippen LogP contribution in [0, 0.1) is 22.7 Å². The molecule has 1 heterocycles. The summed E-state index contributed by atoms with van der Waals surface area (Å²) in [5, 5.41) is 37.3. The first-order valence-corrected chi connectivity index (χ1v) is 6.48. The number of hydrogen-bond donors (Lipinski definition) is 0. The maximum Gasteiger partial charge on any atom is 0.125 e. The zero-order valence-corrected chi connectivity index (χ0v) is 11.1. The van der Waals surface area contributed by atoms with Crippen LogP contribution >= 0.6 is 0 Å². The number of rotatable bonds is 0. The molecule has 0 atom stereocenters. The average molecular weight is 282 g/mol. The summed E-state index contributed by atoms with van der Waals surface area (Å²) in [5.41, 5.74) is 1.66. The van der Waals surface area contributed by atoms with Gasteiger partial charge in [-0.3, -0.25) is 0 Å². The van der Waals surface area contributed by atoms with Crippen molar-refractivity contribution in [3.8, 4) is 12.1 Å². The lowest BCUT2D eigenvalue weighted by Crippen LogP contribution is -1.97. The van der Waals surface area contributed by atoms with Crippen molar-refractivity contribution >= 4 is 32.6 Å². The molecule has 3 aromatic carbocycles. The summed E-state index contributed by atoms with van der Waals surface area (Å²) in [6.07, 6.45) is 0. The monoisotopic (exact) mass is 282 g/mol. The number of aromatic nitrogens is 4. The van der Waals surface area contributed by atoms with Gasteiger partial charge in [0.1, 0.15) is 23.2 Å². The molecule has 0 amide bonds. The van der Waals surface area contributed by atoms with Crippen LogP contribution in [0.5, 0.6) is 0 Å². The highest BCUT2D eigenvalue weighted by Crippen LogP contribution is 2.35. The Hall–Kier alpha value is -3.64. The molecular weight excluding hydrogens is 276 g/mol. The van der Waals surface area contributed by atoms with E-state index in [1.165, 1.54) is 0 Å². The Morgan fingerprint density at radius 2 is 1.45 bits per heavy atom. The first kappa shape index (κ1) is 12.1. The van der Waals surface area contributed by atoms with Crippen LogP contribution < -0.4 is 0 Å². The van der Waals surface area contributed by atoms with Crippen LogP contribution in [0.3, 0.4) is 0 Å². The highest BCUT2D eigenvalue weighted by molar-refractivity contribution is 6.24. The van der Waals surface area contributed by atoms with E-state index in [1.54, 1.807) is 6.07 Å². The fourth-order valence-electron chi connectivity index (χ4n) is 2.78. The third-order valence-corrected chi connectivity index (χ3v) is 3.70. The minimum absolute atomic E-state index is 0.290. The van der Waals surface area contributed by atoms with Crippen molar-refractivity contribution in [2.24, 2.45) is 0 Å². The second-order valence-electron chi connectivity index (χ2n) is 4.76. The molecule has 0 unspecified atom stereocenters. The van der Waals surface area contributed by atoms with E-state index in [9.17, 15) is 10.5 Å². The summed E-state index contributed by atoms with van der Waals surface area (Å²) < 4.78 is 0. The standard InChI is InChI=1S/C16H6N6/c17-7-9-5-6-11-10-3-1-2-4-12(10)15-16(20-22-21-19-15)14(11)13(9)8-18/h1-6H. The van der Waals surface area contributed by atoms with Gasteiger partial charge < -0.3 is 0 Å². The van der Waals surface area contributed by atoms with Gasteiger partial charge in [-0.15, -0.1) is 10.2 Å². The molecular formula is C16H6N6. The summed E-state index contributed by atoms with van der Waals surface area (Å²) in [6.45, 7) is 0. The van der Waals surface area contributed by atoms with Gasteiger partial charge in [0.25, 0.3) is 0 Å². The van der Waals surface area contributed by atoms with Crippen LogP contribution in [-0.2, 0) is 0 Å². The van der Waals surface area contributed by atoms with Crippen LogP contribution in [-0.4, -0.2) is 20.6 Å². The quantitative estimate of drug-likeness (QED) is 0.459. The van der Waals surface area contributed by atoms with Crippen molar-refractivity contribution in [1.29, 1.82) is 10.5 Å². The normalized spacial score (nSPS) is 10.6. The molecule has 1 aromatic heterocycles. The Kier molecular flexibility index (Phi) is 2.45. The van der Waals surface area contributed by atoms with Gasteiger partial charge in [-0.25, -0.2) is 0 Å². The van der Waals surface area contributed by atoms with Crippen molar-refractivity contribution in [2.75, 3.05) is 0 Å². The molecule has 0 aliphatic carbocycles. The Morgan fingerprint density at radius 1 is 0.727 bits per heavy atom. The van der Waals surface area contributed by atoms with Crippen molar-refractivity contribution in [1.82, 2.24) is 20.6 Å². The Labute approximate surface area is 124 Å². The van der Waals surface area contributed by atoms with Crippen molar-refractivity contribution in [2.45, 2.75) is 0 Å². The van der Waals surface area contributed by atoms with Gasteiger partial charge in [-0.05, 0) is 27.3 Å². The van der Waals surface area contributed by atoms with E-state index in [2.05, 4.69) is 26.7 Å². The van der Waals surface area contributed by atoms with Crippen LogP contribution in [0.2, 0.25) is 0 Å². The molecule has 6 nitrogen and oxygen atoms in total. The fourth-order valence-corrected chi connectivity index (χ4v) is 2.78. The van der Waals surface area contributed by atoms with Crippen molar-refractivity contribution in [3.05, 3.63) is 47.5 Å². The summed E-state index contributed by atoms with van der Waals surface area (Å²) in [6, 6.07) is 15.3. The molecule has 0 radical (unpaired) electrons. The maximum absolute atomic E-state index is 9.49. The van der Waals surface area contributed by atoms with Gasteiger partial charge in [-0.2, -0.15) is 10.5 Å². The number of nitrogens with zero attached hydrogens (tertiary/aromatic N) is 6. The van der Waals surface area contributed by atoms with Crippen molar-refractivity contribution in [3.63, 3.8) is 0 Å². The molecule has 0 saturated heterocycles.